The van der Waals surface area contributed by atoms with Crippen LogP contribution < -0.4 is 14.4 Å². The lowest BCUT2D eigenvalue weighted by atomic mass is 10.0. The highest BCUT2D eigenvalue weighted by Crippen LogP contribution is 2.23. The fraction of sp³-hybridized carbons (Fsp3) is 0.200. The Bertz CT molecular complexity index is 1230. The number of hydrogen-bond donors (Lipinski definition) is 1. The molecule has 0 saturated carbocycles. The molecule has 3 aromatic carbocycles. The third kappa shape index (κ3) is 5.98. The van der Waals surface area contributed by atoms with Gasteiger partial charge in [-0.2, -0.15) is 0 Å². The second-order valence-electron chi connectivity index (χ2n) is 7.47. The minimum absolute atomic E-state index is 0.189. The molecule has 0 heterocycles. The Kier molecular flexibility index (Phi) is 7.50. The minimum Gasteiger partial charge on any atom is -0.481 e. The van der Waals surface area contributed by atoms with Crippen molar-refractivity contribution < 1.29 is 22.7 Å². The van der Waals surface area contributed by atoms with Gasteiger partial charge in [-0.25, -0.2) is 8.42 Å². The van der Waals surface area contributed by atoms with Crippen LogP contribution in [0, 0.1) is 0 Å². The summed E-state index contributed by atoms with van der Waals surface area (Å²) in [5.74, 6) is -0.148. The van der Waals surface area contributed by atoms with E-state index in [2.05, 4.69) is 5.32 Å². The van der Waals surface area contributed by atoms with Crippen molar-refractivity contribution in [2.24, 2.45) is 0 Å². The molecule has 3 aromatic rings. The molecule has 8 heteroatoms. The van der Waals surface area contributed by atoms with E-state index in [0.29, 0.717) is 34.7 Å². The van der Waals surface area contributed by atoms with Crippen LogP contribution in [0.2, 0.25) is 0 Å². The van der Waals surface area contributed by atoms with Crippen LogP contribution in [0.3, 0.4) is 0 Å². The van der Waals surface area contributed by atoms with E-state index in [1.54, 1.807) is 72.8 Å². The number of ether oxygens (including phenoxy) is 1. The summed E-state index contributed by atoms with van der Waals surface area (Å²) in [6.45, 7) is 1.82. The van der Waals surface area contributed by atoms with E-state index in [9.17, 15) is 18.0 Å². The van der Waals surface area contributed by atoms with Crippen molar-refractivity contribution in [1.82, 2.24) is 0 Å². The fourth-order valence-corrected chi connectivity index (χ4v) is 3.67. The molecule has 0 radical (unpaired) electrons. The highest BCUT2D eigenvalue weighted by Gasteiger charge is 2.22. The number of sulfonamides is 1. The van der Waals surface area contributed by atoms with Crippen molar-refractivity contribution in [3.05, 3.63) is 90.0 Å². The van der Waals surface area contributed by atoms with E-state index in [-0.39, 0.29) is 11.7 Å². The number of hydrogen-bond acceptors (Lipinski definition) is 5. The molecule has 0 aromatic heterocycles. The van der Waals surface area contributed by atoms with Crippen molar-refractivity contribution in [1.29, 1.82) is 0 Å². The molecule has 0 aliphatic rings. The maximum Gasteiger partial charge on any atom is 0.265 e. The number of para-hydroxylation sites is 1. The smallest absolute Gasteiger partial charge is 0.265 e. The summed E-state index contributed by atoms with van der Waals surface area (Å²) in [5, 5.41) is 2.81. The predicted molar refractivity (Wildman–Crippen MR) is 129 cm³/mol. The molecule has 1 amide bonds. The van der Waals surface area contributed by atoms with Crippen LogP contribution in [-0.2, 0) is 14.8 Å². The third-order valence-corrected chi connectivity index (χ3v) is 6.31. The van der Waals surface area contributed by atoms with E-state index in [0.717, 1.165) is 10.6 Å². The van der Waals surface area contributed by atoms with E-state index < -0.39 is 16.1 Å². The van der Waals surface area contributed by atoms with Gasteiger partial charge < -0.3 is 10.1 Å². The molecule has 1 N–H and O–H groups in total. The first-order valence-corrected chi connectivity index (χ1v) is 12.3. The Morgan fingerprint density at radius 2 is 1.55 bits per heavy atom. The van der Waals surface area contributed by atoms with Crippen LogP contribution in [-0.4, -0.2) is 39.5 Å². The van der Waals surface area contributed by atoms with Crippen LogP contribution >= 0.6 is 0 Å². The van der Waals surface area contributed by atoms with Crippen molar-refractivity contribution in [2.75, 3.05) is 22.9 Å². The molecule has 0 bridgehead atoms. The van der Waals surface area contributed by atoms with Gasteiger partial charge >= 0.3 is 0 Å². The predicted octanol–water partition coefficient (Wildman–Crippen LogP) is 4.11. The van der Waals surface area contributed by atoms with Crippen molar-refractivity contribution in [3.63, 3.8) is 0 Å². The van der Waals surface area contributed by atoms with E-state index >= 15 is 0 Å². The van der Waals surface area contributed by atoms with Crippen LogP contribution in [0.15, 0.2) is 78.9 Å². The van der Waals surface area contributed by atoms with Crippen LogP contribution in [0.5, 0.6) is 5.75 Å². The second kappa shape index (κ2) is 10.3. The maximum atomic E-state index is 12.9. The molecule has 7 nitrogen and oxygen atoms in total. The standard InChI is InChI=1S/C25H26N2O5S/c1-4-23(32-20-16-14-19(15-17-20)27(2)33(3,30)31)25(29)26-22-13-9-8-12-21(22)24(28)18-10-6-5-7-11-18/h5-17,23H,4H2,1-3H3,(H,26,29)/t23-/m0/s1. The van der Waals surface area contributed by atoms with Gasteiger partial charge in [-0.3, -0.25) is 13.9 Å². The molecule has 3 rings (SSSR count). The van der Waals surface area contributed by atoms with Gasteiger partial charge in [0.1, 0.15) is 5.75 Å². The van der Waals surface area contributed by atoms with Crippen LogP contribution in [0.25, 0.3) is 0 Å². The number of benzene rings is 3. The summed E-state index contributed by atoms with van der Waals surface area (Å²) in [6, 6.07) is 22.1. The first-order valence-electron chi connectivity index (χ1n) is 10.4. The molecule has 0 spiro atoms. The van der Waals surface area contributed by atoms with Crippen molar-refractivity contribution in [2.45, 2.75) is 19.4 Å². The molecule has 172 valence electrons. The molecule has 1 atom stereocenters. The van der Waals surface area contributed by atoms with Crippen molar-refractivity contribution in [3.8, 4) is 5.75 Å². The highest BCUT2D eigenvalue weighted by molar-refractivity contribution is 7.92. The van der Waals surface area contributed by atoms with Crippen molar-refractivity contribution >= 4 is 33.1 Å². The normalized spacial score (nSPS) is 12.0. The van der Waals surface area contributed by atoms with Gasteiger partial charge in [-0.15, -0.1) is 0 Å². The second-order valence-corrected chi connectivity index (χ2v) is 9.48. The summed E-state index contributed by atoms with van der Waals surface area (Å²) >= 11 is 0. The van der Waals surface area contributed by atoms with Gasteiger partial charge in [0, 0.05) is 18.2 Å². The molecule has 0 aliphatic heterocycles. The first kappa shape index (κ1) is 24.0. The number of ketones is 1. The Hall–Kier alpha value is -3.65. The quantitative estimate of drug-likeness (QED) is 0.479. The summed E-state index contributed by atoms with van der Waals surface area (Å²) in [4.78, 5) is 25.8. The lowest BCUT2D eigenvalue weighted by Gasteiger charge is -2.20. The summed E-state index contributed by atoms with van der Waals surface area (Å²) in [5.41, 5.74) is 1.81. The lowest BCUT2D eigenvalue weighted by molar-refractivity contribution is -0.122. The number of rotatable bonds is 9. The maximum absolute atomic E-state index is 12.9. The van der Waals surface area contributed by atoms with Gasteiger partial charge in [0.05, 0.1) is 17.6 Å². The fourth-order valence-electron chi connectivity index (χ4n) is 3.16. The molecule has 33 heavy (non-hydrogen) atoms. The SMILES string of the molecule is CC[C@H](Oc1ccc(N(C)S(C)(=O)=O)cc1)C(=O)Nc1ccccc1C(=O)c1ccccc1. The van der Waals surface area contributed by atoms with Gasteiger partial charge in [0.25, 0.3) is 5.91 Å². The highest BCUT2D eigenvalue weighted by atomic mass is 32.2. The Morgan fingerprint density at radius 1 is 0.939 bits per heavy atom. The Morgan fingerprint density at radius 3 is 2.15 bits per heavy atom. The van der Waals surface area contributed by atoms with E-state index in [1.165, 1.54) is 7.05 Å². The van der Waals surface area contributed by atoms with E-state index in [4.69, 9.17) is 4.74 Å². The Labute approximate surface area is 194 Å². The largest absolute Gasteiger partial charge is 0.481 e. The molecule has 0 saturated heterocycles. The Balaban J connectivity index is 1.74. The molecular weight excluding hydrogens is 440 g/mol. The number of nitrogens with zero attached hydrogens (tertiary/aromatic N) is 1. The number of carbonyl (C=O) groups excluding carboxylic acids is 2. The first-order chi connectivity index (χ1) is 15.7. The molecule has 0 unspecified atom stereocenters. The summed E-state index contributed by atoms with van der Waals surface area (Å²) in [7, 11) is -1.91. The van der Waals surface area contributed by atoms with Gasteiger partial charge in [-0.1, -0.05) is 49.4 Å². The topological polar surface area (TPSA) is 92.8 Å². The molecule has 0 fully saturated rings. The average Bonchev–Trinajstić information content (AvgIpc) is 2.82. The molecular formula is C25H26N2O5S. The average molecular weight is 467 g/mol. The summed E-state index contributed by atoms with van der Waals surface area (Å²) < 4.78 is 30.4. The van der Waals surface area contributed by atoms with Gasteiger partial charge in [-0.05, 0) is 42.8 Å². The van der Waals surface area contributed by atoms with Gasteiger partial charge in [0.15, 0.2) is 11.9 Å². The van der Waals surface area contributed by atoms with E-state index in [1.807, 2.05) is 13.0 Å². The monoisotopic (exact) mass is 466 g/mol. The number of carbonyl (C=O) groups is 2. The number of amides is 1. The number of anilines is 2. The van der Waals surface area contributed by atoms with Crippen LogP contribution in [0.4, 0.5) is 11.4 Å². The zero-order chi connectivity index (χ0) is 24.0. The summed E-state index contributed by atoms with van der Waals surface area (Å²) in [6.07, 6.45) is 0.712. The minimum atomic E-state index is -3.37. The third-order valence-electron chi connectivity index (χ3n) is 5.10. The van der Waals surface area contributed by atoms with Crippen LogP contribution in [0.1, 0.15) is 29.3 Å². The lowest BCUT2D eigenvalue weighted by Crippen LogP contribution is -2.33. The van der Waals surface area contributed by atoms with Gasteiger partial charge in [0.2, 0.25) is 10.0 Å². The number of nitrogens with one attached hydrogen (secondary N) is 1. The zero-order valence-electron chi connectivity index (χ0n) is 18.7. The molecule has 0 aliphatic carbocycles. The zero-order valence-corrected chi connectivity index (χ0v) is 19.5.